The van der Waals surface area contributed by atoms with E-state index in [9.17, 15) is 9.59 Å². The lowest BCUT2D eigenvalue weighted by molar-refractivity contribution is 0.637. The summed E-state index contributed by atoms with van der Waals surface area (Å²) in [5.41, 5.74) is 0.0187. The van der Waals surface area contributed by atoms with Gasteiger partial charge in [0.15, 0.2) is 0 Å². The molecule has 0 saturated heterocycles. The van der Waals surface area contributed by atoms with Gasteiger partial charge in [-0.15, -0.1) is 0 Å². The number of nitrogens with zero attached hydrogens (tertiary/aromatic N) is 2. The fourth-order valence-electron chi connectivity index (χ4n) is 3.65. The normalized spacial score (nSPS) is 11.3. The van der Waals surface area contributed by atoms with E-state index in [4.69, 9.17) is 11.6 Å². The summed E-state index contributed by atoms with van der Waals surface area (Å²) >= 11 is 6.22. The molecule has 0 unspecified atom stereocenters. The van der Waals surface area contributed by atoms with E-state index in [1.54, 1.807) is 48.7 Å². The Hall–Kier alpha value is -3.77. The first-order valence-corrected chi connectivity index (χ1v) is 9.49. The molecular weight excluding hydrogens is 405 g/mol. The van der Waals surface area contributed by atoms with Crippen LogP contribution in [0.15, 0.2) is 82.6 Å². The zero-order chi connectivity index (χ0) is 20.8. The summed E-state index contributed by atoms with van der Waals surface area (Å²) in [7, 11) is 0. The Morgan fingerprint density at radius 1 is 0.967 bits per heavy atom. The highest BCUT2D eigenvalue weighted by molar-refractivity contribution is 6.33. The largest absolute Gasteiger partial charge is 0.333 e. The summed E-state index contributed by atoms with van der Waals surface area (Å²) in [6, 6.07) is 17.0. The van der Waals surface area contributed by atoms with E-state index in [1.807, 2.05) is 12.1 Å². The molecule has 0 aliphatic heterocycles. The highest BCUT2D eigenvalue weighted by Gasteiger charge is 2.17. The molecular formula is C23H13ClFN3O2. The summed E-state index contributed by atoms with van der Waals surface area (Å²) in [4.78, 5) is 32.8. The van der Waals surface area contributed by atoms with E-state index in [-0.39, 0.29) is 16.6 Å². The van der Waals surface area contributed by atoms with Gasteiger partial charge in [-0.05, 0) is 23.8 Å². The van der Waals surface area contributed by atoms with E-state index >= 15 is 4.39 Å². The van der Waals surface area contributed by atoms with Crippen LogP contribution < -0.4 is 11.2 Å². The molecule has 0 aliphatic carbocycles. The molecule has 5 aromatic rings. The van der Waals surface area contributed by atoms with Crippen LogP contribution in [0.4, 0.5) is 4.39 Å². The van der Waals surface area contributed by atoms with Crippen molar-refractivity contribution in [3.05, 3.63) is 105 Å². The van der Waals surface area contributed by atoms with E-state index in [2.05, 4.69) is 9.97 Å². The van der Waals surface area contributed by atoms with Gasteiger partial charge in [0, 0.05) is 27.6 Å². The third-order valence-corrected chi connectivity index (χ3v) is 5.35. The van der Waals surface area contributed by atoms with E-state index < -0.39 is 17.1 Å². The number of fused-ring (bicyclic) bond motifs is 2. The van der Waals surface area contributed by atoms with Crippen LogP contribution in [-0.2, 0) is 0 Å². The Bertz CT molecular complexity index is 1570. The molecule has 3 aromatic carbocycles. The third kappa shape index (κ3) is 2.81. The first kappa shape index (κ1) is 18.3. The van der Waals surface area contributed by atoms with Gasteiger partial charge in [-0.1, -0.05) is 54.1 Å². The fraction of sp³-hybridized carbons (Fsp3) is 0. The molecule has 146 valence electrons. The van der Waals surface area contributed by atoms with Crippen molar-refractivity contribution in [2.24, 2.45) is 0 Å². The van der Waals surface area contributed by atoms with Gasteiger partial charge < -0.3 is 4.98 Å². The van der Waals surface area contributed by atoms with Crippen molar-refractivity contribution < 1.29 is 4.39 Å². The number of aromatic amines is 1. The fourth-order valence-corrected chi connectivity index (χ4v) is 3.89. The zero-order valence-corrected chi connectivity index (χ0v) is 16.2. The first-order chi connectivity index (χ1) is 14.5. The van der Waals surface area contributed by atoms with Gasteiger partial charge in [-0.2, -0.15) is 0 Å². The molecule has 2 heterocycles. The topological polar surface area (TPSA) is 67.8 Å². The van der Waals surface area contributed by atoms with E-state index in [0.29, 0.717) is 21.5 Å². The lowest BCUT2D eigenvalue weighted by Gasteiger charge is -2.11. The van der Waals surface area contributed by atoms with Gasteiger partial charge in [0.25, 0.3) is 5.56 Å². The molecule has 0 amide bonds. The van der Waals surface area contributed by atoms with Crippen molar-refractivity contribution in [2.45, 2.75) is 0 Å². The Kier molecular flexibility index (Phi) is 4.22. The smallest absolute Gasteiger partial charge is 0.306 e. The number of hydrogen-bond acceptors (Lipinski definition) is 3. The van der Waals surface area contributed by atoms with Crippen LogP contribution in [0.2, 0.25) is 5.02 Å². The highest BCUT2D eigenvalue weighted by Crippen LogP contribution is 2.30. The summed E-state index contributed by atoms with van der Waals surface area (Å²) in [5, 5.41) is 1.65. The van der Waals surface area contributed by atoms with Gasteiger partial charge in [-0.25, -0.2) is 13.8 Å². The number of H-pyrrole nitrogens is 1. The molecule has 7 heteroatoms. The maximum Gasteiger partial charge on any atom is 0.333 e. The van der Waals surface area contributed by atoms with Crippen molar-refractivity contribution >= 4 is 33.3 Å². The van der Waals surface area contributed by atoms with Crippen LogP contribution in [0.25, 0.3) is 38.5 Å². The summed E-state index contributed by atoms with van der Waals surface area (Å²) in [6.45, 7) is 0. The van der Waals surface area contributed by atoms with Crippen LogP contribution in [0.1, 0.15) is 0 Å². The predicted molar refractivity (Wildman–Crippen MR) is 116 cm³/mol. The van der Waals surface area contributed by atoms with Gasteiger partial charge in [0.05, 0.1) is 22.8 Å². The second-order valence-corrected chi connectivity index (χ2v) is 7.22. The second-order valence-electron chi connectivity index (χ2n) is 6.81. The highest BCUT2D eigenvalue weighted by atomic mass is 35.5. The van der Waals surface area contributed by atoms with Crippen molar-refractivity contribution in [1.29, 1.82) is 0 Å². The molecule has 0 aliphatic rings. The van der Waals surface area contributed by atoms with Crippen LogP contribution >= 0.6 is 11.6 Å². The molecule has 0 atom stereocenters. The predicted octanol–water partition coefficient (Wildman–Crippen LogP) is 4.69. The number of rotatable bonds is 2. The number of pyridine rings is 1. The van der Waals surface area contributed by atoms with Crippen LogP contribution in [0.5, 0.6) is 0 Å². The second kappa shape index (κ2) is 6.93. The average molecular weight is 418 g/mol. The minimum absolute atomic E-state index is 0.101. The van der Waals surface area contributed by atoms with Gasteiger partial charge in [-0.3, -0.25) is 9.78 Å². The molecule has 5 nitrogen and oxygen atoms in total. The average Bonchev–Trinajstić information content (AvgIpc) is 2.73. The van der Waals surface area contributed by atoms with E-state index in [1.165, 1.54) is 12.3 Å². The minimum atomic E-state index is -0.755. The number of hydrogen-bond donors (Lipinski definition) is 1. The Morgan fingerprint density at radius 2 is 1.73 bits per heavy atom. The SMILES string of the molecule is O=c1[nH]c2cc(-c3ccccc3Cl)cc(F)c2c(=O)n1-c1cncc2ccccc12. The first-order valence-electron chi connectivity index (χ1n) is 9.11. The summed E-state index contributed by atoms with van der Waals surface area (Å²) in [6.07, 6.45) is 3.05. The monoisotopic (exact) mass is 417 g/mol. The molecule has 5 rings (SSSR count). The Morgan fingerprint density at radius 3 is 2.57 bits per heavy atom. The molecule has 0 fully saturated rings. The number of benzene rings is 3. The van der Waals surface area contributed by atoms with Crippen LogP contribution in [-0.4, -0.2) is 14.5 Å². The standard InChI is InChI=1S/C23H13ClFN3O2/c24-17-8-4-3-6-15(17)14-9-18(25)21-19(10-14)27-23(30)28(22(21)29)20-12-26-11-13-5-1-2-7-16(13)20/h1-12H,(H,27,30). The maximum absolute atomic E-state index is 15.1. The number of aromatic nitrogens is 3. The van der Waals surface area contributed by atoms with Crippen molar-refractivity contribution in [3.8, 4) is 16.8 Å². The zero-order valence-electron chi connectivity index (χ0n) is 15.4. The summed E-state index contributed by atoms with van der Waals surface area (Å²) < 4.78 is 16.0. The van der Waals surface area contributed by atoms with Crippen molar-refractivity contribution in [1.82, 2.24) is 14.5 Å². The van der Waals surface area contributed by atoms with Crippen LogP contribution in [0, 0.1) is 5.82 Å². The molecule has 1 N–H and O–H groups in total. The molecule has 2 aromatic heterocycles. The van der Waals surface area contributed by atoms with Gasteiger partial charge in [0.1, 0.15) is 5.82 Å². The lowest BCUT2D eigenvalue weighted by Crippen LogP contribution is -2.34. The van der Waals surface area contributed by atoms with E-state index in [0.717, 1.165) is 9.95 Å². The van der Waals surface area contributed by atoms with Crippen LogP contribution in [0.3, 0.4) is 0 Å². The van der Waals surface area contributed by atoms with Crippen molar-refractivity contribution in [2.75, 3.05) is 0 Å². The molecule has 0 spiro atoms. The molecule has 0 saturated carbocycles. The minimum Gasteiger partial charge on any atom is -0.306 e. The number of halogens is 2. The molecule has 30 heavy (non-hydrogen) atoms. The van der Waals surface area contributed by atoms with Crippen molar-refractivity contribution in [3.63, 3.8) is 0 Å². The third-order valence-electron chi connectivity index (χ3n) is 5.02. The van der Waals surface area contributed by atoms with Gasteiger partial charge >= 0.3 is 5.69 Å². The quantitative estimate of drug-likeness (QED) is 0.453. The Labute approximate surface area is 174 Å². The summed E-state index contributed by atoms with van der Waals surface area (Å²) in [5.74, 6) is -0.745. The molecule has 0 bridgehead atoms. The Balaban J connectivity index is 1.82. The van der Waals surface area contributed by atoms with Gasteiger partial charge in [0.2, 0.25) is 0 Å². The number of nitrogens with one attached hydrogen (secondary N) is 1. The molecule has 0 radical (unpaired) electrons. The maximum atomic E-state index is 15.1. The lowest BCUT2D eigenvalue weighted by atomic mass is 10.0.